The van der Waals surface area contributed by atoms with Crippen molar-refractivity contribution in [2.45, 2.75) is 12.8 Å². The molecule has 26 heavy (non-hydrogen) atoms. The van der Waals surface area contributed by atoms with Crippen LogP contribution >= 0.6 is 11.3 Å². The summed E-state index contributed by atoms with van der Waals surface area (Å²) in [5, 5.41) is 2.40. The van der Waals surface area contributed by atoms with Crippen LogP contribution in [0.5, 0.6) is 0 Å². The van der Waals surface area contributed by atoms with Crippen LogP contribution in [0, 0.1) is 5.82 Å². The van der Waals surface area contributed by atoms with Gasteiger partial charge in [0.15, 0.2) is 5.13 Å². The molecule has 1 aliphatic heterocycles. The van der Waals surface area contributed by atoms with E-state index in [2.05, 4.69) is 20.7 Å². The Morgan fingerprint density at radius 1 is 1.23 bits per heavy atom. The fourth-order valence-corrected chi connectivity index (χ4v) is 3.33. The molecule has 3 rings (SSSR count). The topological polar surface area (TPSA) is 83.6 Å². The highest BCUT2D eigenvalue weighted by Gasteiger charge is 2.17. The van der Waals surface area contributed by atoms with Crippen LogP contribution in [-0.4, -0.2) is 43.1 Å². The van der Waals surface area contributed by atoms with Crippen molar-refractivity contribution in [1.29, 1.82) is 0 Å². The van der Waals surface area contributed by atoms with E-state index in [9.17, 15) is 14.0 Å². The lowest BCUT2D eigenvalue weighted by atomic mass is 10.1. The monoisotopic (exact) mass is 378 g/mol. The maximum absolute atomic E-state index is 13.5. The average Bonchev–Trinajstić information content (AvgIpc) is 3.16. The molecule has 2 amide bonds. The summed E-state index contributed by atoms with van der Waals surface area (Å²) in [6.45, 7) is 2.75. The molecule has 1 aromatic carbocycles. The van der Waals surface area contributed by atoms with Crippen LogP contribution in [0.25, 0.3) is 0 Å². The number of nitrogens with one attached hydrogen (secondary N) is 2. The molecule has 0 bridgehead atoms. The van der Waals surface area contributed by atoms with Gasteiger partial charge in [0, 0.05) is 24.9 Å². The smallest absolute Gasteiger partial charge is 0.289 e. The third kappa shape index (κ3) is 4.77. The second-order valence-corrected chi connectivity index (χ2v) is 6.55. The molecule has 0 unspecified atom stereocenters. The van der Waals surface area contributed by atoms with Crippen LogP contribution in [-0.2, 0) is 16.0 Å². The van der Waals surface area contributed by atoms with Gasteiger partial charge in [-0.3, -0.25) is 20.4 Å². The second kappa shape index (κ2) is 8.72. The highest BCUT2D eigenvalue weighted by Crippen LogP contribution is 2.21. The highest BCUT2D eigenvalue weighted by molar-refractivity contribution is 7.13. The lowest BCUT2D eigenvalue weighted by Gasteiger charge is -2.25. The number of halogens is 1. The van der Waals surface area contributed by atoms with Crippen molar-refractivity contribution in [2.75, 3.05) is 31.2 Å². The molecular weight excluding hydrogens is 359 g/mol. The molecule has 9 heteroatoms. The number of ether oxygens (including phenoxy) is 1. The number of anilines is 1. The third-order valence-corrected chi connectivity index (χ3v) is 4.80. The molecule has 0 aliphatic carbocycles. The van der Waals surface area contributed by atoms with Gasteiger partial charge in [0.1, 0.15) is 11.5 Å². The number of nitrogens with zero attached hydrogens (tertiary/aromatic N) is 2. The van der Waals surface area contributed by atoms with Crippen molar-refractivity contribution in [1.82, 2.24) is 15.8 Å². The number of hydrogen-bond donors (Lipinski definition) is 2. The normalized spacial score (nSPS) is 14.1. The number of thiazole rings is 1. The van der Waals surface area contributed by atoms with Crippen LogP contribution in [0.3, 0.4) is 0 Å². The fraction of sp³-hybridized carbons (Fsp3) is 0.353. The van der Waals surface area contributed by atoms with Gasteiger partial charge in [-0.05, 0) is 18.1 Å². The molecule has 0 atom stereocenters. The quantitative estimate of drug-likeness (QED) is 0.771. The summed E-state index contributed by atoms with van der Waals surface area (Å²) in [6.07, 6.45) is 0.323. The van der Waals surface area contributed by atoms with Crippen molar-refractivity contribution in [3.63, 3.8) is 0 Å². The van der Waals surface area contributed by atoms with E-state index in [1.54, 1.807) is 23.6 Å². The van der Waals surface area contributed by atoms with Crippen molar-refractivity contribution >= 4 is 28.3 Å². The molecule has 1 fully saturated rings. The van der Waals surface area contributed by atoms with E-state index in [1.165, 1.54) is 17.4 Å². The maximum atomic E-state index is 13.5. The van der Waals surface area contributed by atoms with Crippen LogP contribution in [0.15, 0.2) is 29.6 Å². The van der Waals surface area contributed by atoms with Crippen molar-refractivity contribution in [3.05, 3.63) is 46.7 Å². The molecule has 0 radical (unpaired) electrons. The van der Waals surface area contributed by atoms with Gasteiger partial charge in [-0.15, -0.1) is 11.3 Å². The largest absolute Gasteiger partial charge is 0.378 e. The Balaban J connectivity index is 1.45. The zero-order chi connectivity index (χ0) is 18.4. The van der Waals surface area contributed by atoms with Gasteiger partial charge < -0.3 is 9.64 Å². The van der Waals surface area contributed by atoms with E-state index < -0.39 is 11.8 Å². The first kappa shape index (κ1) is 18.3. The van der Waals surface area contributed by atoms with Gasteiger partial charge in [0.05, 0.1) is 13.2 Å². The molecule has 0 saturated carbocycles. The predicted octanol–water partition coefficient (Wildman–Crippen LogP) is 1.51. The summed E-state index contributed by atoms with van der Waals surface area (Å²) in [5.41, 5.74) is 5.37. The van der Waals surface area contributed by atoms with Crippen molar-refractivity contribution < 1.29 is 18.7 Å². The van der Waals surface area contributed by atoms with E-state index >= 15 is 0 Å². The Morgan fingerprint density at radius 2 is 2.00 bits per heavy atom. The average molecular weight is 378 g/mol. The van der Waals surface area contributed by atoms with Gasteiger partial charge in [-0.1, -0.05) is 18.2 Å². The first-order chi connectivity index (χ1) is 12.6. The molecule has 2 N–H and O–H groups in total. The van der Waals surface area contributed by atoms with Gasteiger partial charge in [-0.2, -0.15) is 0 Å². The summed E-state index contributed by atoms with van der Waals surface area (Å²) in [5.74, 6) is -1.23. The second-order valence-electron chi connectivity index (χ2n) is 5.71. The number of aryl methyl sites for hydroxylation is 1. The standard InChI is InChI=1S/C17H19FN4O3S/c18-13-4-2-1-3-12(13)5-6-15(23)20-21-16(24)14-11-26-17(19-14)22-7-9-25-10-8-22/h1-4,11H,5-10H2,(H,20,23)(H,21,24). The highest BCUT2D eigenvalue weighted by atomic mass is 32.1. The first-order valence-corrected chi connectivity index (χ1v) is 9.12. The molecule has 2 heterocycles. The molecule has 1 aliphatic rings. The molecule has 138 valence electrons. The number of morpholine rings is 1. The van der Waals surface area contributed by atoms with Gasteiger partial charge >= 0.3 is 0 Å². The summed E-state index contributed by atoms with van der Waals surface area (Å²) >= 11 is 1.37. The number of benzene rings is 1. The van der Waals surface area contributed by atoms with Gasteiger partial charge in [-0.25, -0.2) is 9.37 Å². The van der Waals surface area contributed by atoms with E-state index in [1.807, 2.05) is 0 Å². The number of hydrazine groups is 1. The lowest BCUT2D eigenvalue weighted by molar-refractivity contribution is -0.121. The SMILES string of the molecule is O=C(CCc1ccccc1F)NNC(=O)c1csc(N2CCOCC2)n1. The molecule has 2 aromatic rings. The number of amides is 2. The Bertz CT molecular complexity index is 777. The van der Waals surface area contributed by atoms with Crippen molar-refractivity contribution in [2.24, 2.45) is 0 Å². The van der Waals surface area contributed by atoms with E-state index in [4.69, 9.17) is 4.74 Å². The minimum absolute atomic E-state index is 0.0668. The van der Waals surface area contributed by atoms with E-state index in [0.29, 0.717) is 18.8 Å². The molecular formula is C17H19FN4O3S. The number of aromatic nitrogens is 1. The van der Waals surface area contributed by atoms with Crippen molar-refractivity contribution in [3.8, 4) is 0 Å². The minimum atomic E-state index is -0.486. The first-order valence-electron chi connectivity index (χ1n) is 8.24. The Morgan fingerprint density at radius 3 is 2.77 bits per heavy atom. The van der Waals surface area contributed by atoms with Crippen LogP contribution in [0.2, 0.25) is 0 Å². The molecule has 7 nitrogen and oxygen atoms in total. The lowest BCUT2D eigenvalue weighted by Crippen LogP contribution is -2.42. The summed E-state index contributed by atoms with van der Waals surface area (Å²) in [4.78, 5) is 30.3. The third-order valence-electron chi connectivity index (χ3n) is 3.90. The zero-order valence-corrected chi connectivity index (χ0v) is 14.9. The van der Waals surface area contributed by atoms with Crippen LogP contribution < -0.4 is 15.8 Å². The fourth-order valence-electron chi connectivity index (χ4n) is 2.47. The predicted molar refractivity (Wildman–Crippen MR) is 95.5 cm³/mol. The van der Waals surface area contributed by atoms with E-state index in [0.717, 1.165) is 18.2 Å². The minimum Gasteiger partial charge on any atom is -0.378 e. The zero-order valence-electron chi connectivity index (χ0n) is 14.0. The maximum Gasteiger partial charge on any atom is 0.289 e. The molecule has 0 spiro atoms. The number of hydrogen-bond acceptors (Lipinski definition) is 6. The molecule has 1 saturated heterocycles. The Kier molecular flexibility index (Phi) is 6.13. The Hall–Kier alpha value is -2.52. The van der Waals surface area contributed by atoms with Crippen LogP contribution in [0.1, 0.15) is 22.5 Å². The number of carbonyl (C=O) groups is 2. The summed E-state index contributed by atoms with van der Waals surface area (Å²) in [7, 11) is 0. The van der Waals surface area contributed by atoms with E-state index in [-0.39, 0.29) is 24.4 Å². The number of rotatable bonds is 5. The Labute approximate surface area is 154 Å². The summed E-state index contributed by atoms with van der Waals surface area (Å²) < 4.78 is 18.8. The van der Waals surface area contributed by atoms with Gasteiger partial charge in [0.25, 0.3) is 5.91 Å². The summed E-state index contributed by atoms with van der Waals surface area (Å²) in [6, 6.07) is 6.29. The van der Waals surface area contributed by atoms with Gasteiger partial charge in [0.2, 0.25) is 5.91 Å². The molecule has 1 aromatic heterocycles. The van der Waals surface area contributed by atoms with Crippen LogP contribution in [0.4, 0.5) is 9.52 Å². The number of carbonyl (C=O) groups excluding carboxylic acids is 2.